The monoisotopic (exact) mass is 1540 g/mol. The van der Waals surface area contributed by atoms with Gasteiger partial charge in [-0.2, -0.15) is 0 Å². The summed E-state index contributed by atoms with van der Waals surface area (Å²) in [5, 5.41) is 71.1. The molecule has 11 aromatic carbocycles. The zero-order valence-electron chi connectivity index (χ0n) is 61.1. The van der Waals surface area contributed by atoms with Crippen molar-refractivity contribution in [2.24, 2.45) is 0 Å². The number of hydrogen-bond donors (Lipinski definition) is 8. The summed E-state index contributed by atoms with van der Waals surface area (Å²) in [6.45, 7) is -0.00199. The molecule has 578 valence electrons. The molecule has 114 heavy (non-hydrogen) atoms. The predicted molar refractivity (Wildman–Crippen MR) is 415 cm³/mol. The molecule has 4 heterocycles. The molecule has 0 saturated heterocycles. The number of aliphatic carboxylic acids is 6. The lowest BCUT2D eigenvalue weighted by Crippen LogP contribution is -2.49. The molecular formula is C86H72N6O22. The normalized spacial score (nSPS) is 14.2. The molecule has 0 bridgehead atoms. The van der Waals surface area contributed by atoms with Crippen molar-refractivity contribution in [2.45, 2.75) is 139 Å². The number of imide groups is 4. The number of benzene rings is 11. The molecule has 10 amide bonds. The second kappa shape index (κ2) is 29.5. The molecule has 0 atom stereocenters. The van der Waals surface area contributed by atoms with Crippen molar-refractivity contribution in [1.29, 1.82) is 0 Å². The number of amides is 10. The van der Waals surface area contributed by atoms with Crippen LogP contribution < -0.4 is 20.4 Å². The molecule has 0 radical (unpaired) electrons. The van der Waals surface area contributed by atoms with Crippen molar-refractivity contribution in [3.8, 4) is 0 Å². The average Bonchev–Trinajstić information content (AvgIpc) is 0.693. The number of nitrogens with zero attached hydrogens (tertiary/aromatic N) is 4. The van der Waals surface area contributed by atoms with E-state index in [0.29, 0.717) is 112 Å². The molecule has 4 aliphatic heterocycles. The fourth-order valence-electron chi connectivity index (χ4n) is 17.7. The Morgan fingerprint density at radius 3 is 0.702 bits per heavy atom. The number of nitrogens with one attached hydrogen (secondary N) is 2. The van der Waals surface area contributed by atoms with E-state index in [4.69, 9.17) is 0 Å². The number of unbranched alkanes of at least 4 members (excludes halogenated alkanes) is 4. The number of hydrogen-bond acceptors (Lipinski definition) is 16. The molecular weight excluding hydrogens is 1470 g/mol. The Morgan fingerprint density at radius 2 is 0.482 bits per heavy atom. The summed E-state index contributed by atoms with van der Waals surface area (Å²) in [6, 6.07) is 33.2. The van der Waals surface area contributed by atoms with E-state index in [-0.39, 0.29) is 133 Å². The Balaban J connectivity index is 0.640. The van der Waals surface area contributed by atoms with Crippen LogP contribution >= 0.6 is 0 Å². The van der Waals surface area contributed by atoms with Crippen molar-refractivity contribution in [3.63, 3.8) is 0 Å². The smallest absolute Gasteiger partial charge is 0.303 e. The van der Waals surface area contributed by atoms with Gasteiger partial charge in [0, 0.05) is 142 Å². The highest BCUT2D eigenvalue weighted by Crippen LogP contribution is 2.50. The predicted octanol–water partition coefficient (Wildman–Crippen LogP) is 12.6. The van der Waals surface area contributed by atoms with E-state index < -0.39 is 144 Å². The Kier molecular flexibility index (Phi) is 19.6. The van der Waals surface area contributed by atoms with Crippen LogP contribution in [0.1, 0.15) is 211 Å². The summed E-state index contributed by atoms with van der Waals surface area (Å²) in [5.41, 5.74) is -0.834. The minimum atomic E-state index is -1.39. The van der Waals surface area contributed by atoms with E-state index in [9.17, 15) is 88.2 Å². The Labute approximate surface area is 645 Å². The maximum Gasteiger partial charge on any atom is 0.303 e. The first-order valence-electron chi connectivity index (χ1n) is 37.5. The number of fused-ring (bicyclic) bond motifs is 4. The van der Waals surface area contributed by atoms with Gasteiger partial charge in [-0.25, -0.2) is 9.80 Å². The van der Waals surface area contributed by atoms with E-state index in [2.05, 4.69) is 10.6 Å². The number of carboxylic acids is 6. The Hall–Kier alpha value is -13.7. The number of carbonyl (C=O) groups excluding carboxylic acids is 10. The Bertz CT molecular complexity index is 5460. The van der Waals surface area contributed by atoms with E-state index >= 15 is 19.2 Å². The van der Waals surface area contributed by atoms with Gasteiger partial charge in [0.1, 0.15) is 0 Å². The first-order chi connectivity index (χ1) is 54.6. The summed E-state index contributed by atoms with van der Waals surface area (Å²) in [6.07, 6.45) is -1.98. The summed E-state index contributed by atoms with van der Waals surface area (Å²) >= 11 is 0. The van der Waals surface area contributed by atoms with E-state index in [1.54, 1.807) is 97.1 Å². The van der Waals surface area contributed by atoms with Crippen LogP contribution in [0.3, 0.4) is 0 Å². The fourth-order valence-corrected chi connectivity index (χ4v) is 17.7. The number of anilines is 2. The van der Waals surface area contributed by atoms with Gasteiger partial charge in [-0.05, 0) is 196 Å². The quantitative estimate of drug-likeness (QED) is 0.00803. The van der Waals surface area contributed by atoms with Gasteiger partial charge in [-0.15, -0.1) is 0 Å². The van der Waals surface area contributed by atoms with E-state index in [0.717, 1.165) is 19.6 Å². The second-order valence-corrected chi connectivity index (χ2v) is 29.9. The zero-order chi connectivity index (χ0) is 80.7. The van der Waals surface area contributed by atoms with Crippen LogP contribution in [0.2, 0.25) is 0 Å². The SMILES string of the molecule is O=C(O)CCC(CCC(=O)O)(CCC(=O)O)NC(=O)CCCCCN1C(=O)c2ccc3c4ccc5c6c(ccc(c7ccc(c2c37)C1=O)c64)C(=O)N(c1cccc(N2C(=O)c3ccc4c6ccc7c8c(ccc(c9ccc(c3c49)C2=O)c86)C(=O)N(CCCCCC(=O)NC(CCC(=O)O)(CCC(=O)O)CCC(=O)O)C7=O)c1)C5=O. The minimum absolute atomic E-state index is 0.000995. The summed E-state index contributed by atoms with van der Waals surface area (Å²) in [5.74, 6) is -13.2. The van der Waals surface area contributed by atoms with Gasteiger partial charge in [-0.1, -0.05) is 67.4 Å². The lowest BCUT2D eigenvalue weighted by atomic mass is 9.82. The molecule has 15 rings (SSSR count). The van der Waals surface area contributed by atoms with Crippen LogP contribution in [0.4, 0.5) is 11.4 Å². The van der Waals surface area contributed by atoms with Gasteiger partial charge >= 0.3 is 35.8 Å². The van der Waals surface area contributed by atoms with Gasteiger partial charge < -0.3 is 41.3 Å². The number of carboxylic acid groups (broad SMARTS) is 6. The fraction of sp³-hybridized carbons (Fsp3) is 0.279. The third-order valence-corrected chi connectivity index (χ3v) is 23.1. The van der Waals surface area contributed by atoms with Crippen molar-refractivity contribution in [1.82, 2.24) is 20.4 Å². The first-order valence-corrected chi connectivity index (χ1v) is 37.5. The minimum Gasteiger partial charge on any atom is -0.481 e. The highest BCUT2D eigenvalue weighted by Gasteiger charge is 2.43. The van der Waals surface area contributed by atoms with E-state index in [1.165, 1.54) is 24.3 Å². The average molecular weight is 1540 g/mol. The van der Waals surface area contributed by atoms with Crippen LogP contribution in [0, 0.1) is 0 Å². The second-order valence-electron chi connectivity index (χ2n) is 29.9. The number of rotatable bonds is 34. The molecule has 8 N–H and O–H groups in total. The molecule has 4 aliphatic rings. The maximum absolute atomic E-state index is 15.1. The van der Waals surface area contributed by atoms with Crippen LogP contribution in [-0.4, -0.2) is 159 Å². The van der Waals surface area contributed by atoms with E-state index in [1.807, 2.05) is 0 Å². The molecule has 0 saturated carbocycles. The van der Waals surface area contributed by atoms with Crippen molar-refractivity contribution in [2.75, 3.05) is 22.9 Å². The van der Waals surface area contributed by atoms with Crippen molar-refractivity contribution >= 4 is 192 Å². The van der Waals surface area contributed by atoms with Crippen LogP contribution in [-0.2, 0) is 38.4 Å². The molecule has 0 aliphatic carbocycles. The topological polar surface area (TPSA) is 432 Å². The molecule has 0 unspecified atom stereocenters. The van der Waals surface area contributed by atoms with Crippen LogP contribution in [0.5, 0.6) is 0 Å². The van der Waals surface area contributed by atoms with Crippen molar-refractivity contribution in [3.05, 3.63) is 166 Å². The van der Waals surface area contributed by atoms with Crippen molar-refractivity contribution < 1.29 is 107 Å². The van der Waals surface area contributed by atoms with Gasteiger partial charge in [0.05, 0.1) is 11.4 Å². The highest BCUT2D eigenvalue weighted by atomic mass is 16.4. The summed E-state index contributed by atoms with van der Waals surface area (Å²) in [4.78, 5) is 218. The number of carbonyl (C=O) groups is 16. The maximum atomic E-state index is 15.1. The van der Waals surface area contributed by atoms with Gasteiger partial charge in [0.15, 0.2) is 0 Å². The highest BCUT2D eigenvalue weighted by molar-refractivity contribution is 6.46. The molecule has 0 fully saturated rings. The largest absolute Gasteiger partial charge is 0.481 e. The molecule has 0 spiro atoms. The lowest BCUT2D eigenvalue weighted by Gasteiger charge is -2.34. The summed E-state index contributed by atoms with van der Waals surface area (Å²) < 4.78 is 0. The molecule has 28 heteroatoms. The van der Waals surface area contributed by atoms with Gasteiger partial charge in [0.2, 0.25) is 11.8 Å². The molecule has 0 aromatic heterocycles. The van der Waals surface area contributed by atoms with Crippen LogP contribution in [0.15, 0.2) is 121 Å². The molecule has 11 aromatic rings. The third-order valence-electron chi connectivity index (χ3n) is 23.1. The lowest BCUT2D eigenvalue weighted by molar-refractivity contribution is -0.141. The Morgan fingerprint density at radius 1 is 0.263 bits per heavy atom. The van der Waals surface area contributed by atoms with Gasteiger partial charge in [0.25, 0.3) is 47.3 Å². The summed E-state index contributed by atoms with van der Waals surface area (Å²) in [7, 11) is 0. The first kappa shape index (κ1) is 75.7. The molecule has 28 nitrogen and oxygen atoms in total. The third kappa shape index (κ3) is 13.1. The van der Waals surface area contributed by atoms with Gasteiger partial charge in [-0.3, -0.25) is 86.5 Å². The zero-order valence-corrected chi connectivity index (χ0v) is 61.1. The van der Waals surface area contributed by atoms with Crippen LogP contribution in [0.25, 0.3) is 86.2 Å². The standard InChI is InChI=1S/C86H72N6O22/c93-61(87-85(34-28-63(95)96,35-29-64(97)98)36-30-65(99)100)10-3-1-5-40-89-77(107)53-20-12-45-49-16-24-57-75-58(25-17-50(71(49)75)46-13-21-54(78(89)108)73(53)69(45)46)82(112)91(81(57)111)43-8-7-9-44(42-43)92-83(113)59-26-18-51-47-14-22-55-74-56(23-15-48(70(47)74)52-19-27-60(84(92)114)76(59)72(51)52)80(110)90(79(55)109)41-6-2-4-11-62(94)88-86(37-31-66(101)102,38-32-67(103)104)39-33-68(105)106/h7-9,12-27,42H,1-6,10-11,28-41H2,(H,87,93)(H,88,94)(H,95,96)(H,97,98)(H,99,100)(H,101,102)(H,103,104)(H,105,106).